The standard InChI is InChI=1S/C30H57N4P/c1-32(25-17-9-5-10-18-25)29-28(35(4)31)23-15-8-16-24-30(29,33(2)26-19-11-6-12-20-26)34(3)27-21-13-7-14-22-27/h25-27H,5-24,31H2,1-4H3/b29-28-. The third kappa shape index (κ3) is 6.13. The average Bonchev–Trinajstić information content (AvgIpc) is 2.89. The van der Waals surface area contributed by atoms with Crippen molar-refractivity contribution in [2.45, 2.75) is 152 Å². The molecule has 0 aromatic carbocycles. The molecule has 3 saturated carbocycles. The van der Waals surface area contributed by atoms with E-state index in [9.17, 15) is 0 Å². The van der Waals surface area contributed by atoms with E-state index >= 15 is 0 Å². The van der Waals surface area contributed by atoms with E-state index in [1.165, 1.54) is 128 Å². The van der Waals surface area contributed by atoms with Crippen molar-refractivity contribution in [2.24, 2.45) is 5.50 Å². The van der Waals surface area contributed by atoms with Gasteiger partial charge in [-0.1, -0.05) is 64.2 Å². The lowest BCUT2D eigenvalue weighted by atomic mass is 9.82. The number of likely N-dealkylation sites (N-methyl/N-ethyl adjacent to an activating group) is 3. The van der Waals surface area contributed by atoms with Crippen molar-refractivity contribution >= 4 is 8.07 Å². The zero-order valence-corrected chi connectivity index (χ0v) is 24.6. The summed E-state index contributed by atoms with van der Waals surface area (Å²) >= 11 is 0. The molecular formula is C30H57N4P. The molecule has 1 unspecified atom stereocenters. The summed E-state index contributed by atoms with van der Waals surface area (Å²) in [6.07, 6.45) is 27.4. The summed E-state index contributed by atoms with van der Waals surface area (Å²) in [6, 6.07) is 2.08. The number of hydrogen-bond acceptors (Lipinski definition) is 4. The second-order valence-corrected chi connectivity index (χ2v) is 14.3. The van der Waals surface area contributed by atoms with Crippen molar-refractivity contribution < 1.29 is 0 Å². The monoisotopic (exact) mass is 504 g/mol. The average molecular weight is 505 g/mol. The molecule has 0 bridgehead atoms. The number of nitrogens with two attached hydrogens (primary N) is 1. The summed E-state index contributed by atoms with van der Waals surface area (Å²) in [5.74, 6) is 0. The minimum Gasteiger partial charge on any atom is -0.372 e. The molecule has 35 heavy (non-hydrogen) atoms. The highest BCUT2D eigenvalue weighted by molar-refractivity contribution is 7.58. The van der Waals surface area contributed by atoms with Gasteiger partial charge in [0.15, 0.2) is 0 Å². The van der Waals surface area contributed by atoms with Gasteiger partial charge in [-0.15, -0.1) is 0 Å². The van der Waals surface area contributed by atoms with Gasteiger partial charge in [-0.05, 0) is 98.4 Å². The van der Waals surface area contributed by atoms with Gasteiger partial charge in [0.1, 0.15) is 5.66 Å². The molecule has 0 saturated heterocycles. The maximum atomic E-state index is 6.97. The Morgan fingerprint density at radius 1 is 0.629 bits per heavy atom. The van der Waals surface area contributed by atoms with Crippen LogP contribution in [0.3, 0.4) is 0 Å². The third-order valence-corrected chi connectivity index (χ3v) is 11.7. The van der Waals surface area contributed by atoms with Crippen LogP contribution in [0.4, 0.5) is 0 Å². The van der Waals surface area contributed by atoms with Crippen LogP contribution >= 0.6 is 8.07 Å². The predicted molar refractivity (Wildman–Crippen MR) is 154 cm³/mol. The van der Waals surface area contributed by atoms with Crippen LogP contribution in [0.25, 0.3) is 0 Å². The van der Waals surface area contributed by atoms with E-state index in [-0.39, 0.29) is 5.66 Å². The van der Waals surface area contributed by atoms with Gasteiger partial charge < -0.3 is 10.4 Å². The highest BCUT2D eigenvalue weighted by atomic mass is 31.1. The van der Waals surface area contributed by atoms with Crippen LogP contribution in [-0.2, 0) is 0 Å². The molecule has 5 heteroatoms. The third-order valence-electron chi connectivity index (χ3n) is 10.4. The van der Waals surface area contributed by atoms with Crippen molar-refractivity contribution in [3.8, 4) is 0 Å². The molecule has 1 atom stereocenters. The predicted octanol–water partition coefficient (Wildman–Crippen LogP) is 7.64. The van der Waals surface area contributed by atoms with Gasteiger partial charge in [0, 0.05) is 25.2 Å². The number of allylic oxidation sites excluding steroid dienone is 1. The number of rotatable bonds is 7. The fourth-order valence-electron chi connectivity index (χ4n) is 8.27. The second-order valence-electron chi connectivity index (χ2n) is 12.5. The van der Waals surface area contributed by atoms with E-state index in [0.717, 1.165) is 0 Å². The smallest absolute Gasteiger partial charge is 0.115 e. The fourth-order valence-corrected chi connectivity index (χ4v) is 9.45. The Balaban J connectivity index is 1.86. The van der Waals surface area contributed by atoms with Gasteiger partial charge >= 0.3 is 0 Å². The number of nitrogens with zero attached hydrogens (tertiary/aromatic N) is 3. The molecule has 202 valence electrons. The molecule has 0 aromatic rings. The van der Waals surface area contributed by atoms with Crippen LogP contribution in [0.2, 0.25) is 0 Å². The van der Waals surface area contributed by atoms with Gasteiger partial charge in [-0.2, -0.15) is 0 Å². The quantitative estimate of drug-likeness (QED) is 0.285. The van der Waals surface area contributed by atoms with Gasteiger partial charge in [0.05, 0.1) is 5.70 Å². The molecule has 0 heterocycles. The first-order valence-electron chi connectivity index (χ1n) is 15.4. The maximum Gasteiger partial charge on any atom is 0.115 e. The molecule has 3 fully saturated rings. The van der Waals surface area contributed by atoms with Gasteiger partial charge in [0.2, 0.25) is 0 Å². The SMILES string of the molecule is CN(/C1=C(\P(C)N)CCCCCC1(N(C)C1CCCCC1)N(C)C1CCCCC1)C1CCCCC1. The highest BCUT2D eigenvalue weighted by Gasteiger charge is 2.50. The number of hydrogen-bond donors (Lipinski definition) is 1. The Bertz CT molecular complexity index is 650. The van der Waals surface area contributed by atoms with E-state index in [2.05, 4.69) is 42.5 Å². The lowest BCUT2D eigenvalue weighted by Crippen LogP contribution is -2.67. The molecule has 0 spiro atoms. The topological polar surface area (TPSA) is 35.7 Å². The molecule has 2 N–H and O–H groups in total. The Hall–Kier alpha value is -0.150. The minimum atomic E-state index is -0.599. The largest absolute Gasteiger partial charge is 0.372 e. The van der Waals surface area contributed by atoms with Crippen molar-refractivity contribution in [1.29, 1.82) is 0 Å². The normalized spacial score (nSPS) is 29.2. The van der Waals surface area contributed by atoms with Crippen LogP contribution in [0.15, 0.2) is 11.0 Å². The molecule has 4 aliphatic rings. The Kier molecular flexibility index (Phi) is 10.4. The van der Waals surface area contributed by atoms with Crippen LogP contribution in [-0.4, -0.2) is 66.3 Å². The van der Waals surface area contributed by atoms with Crippen molar-refractivity contribution in [3.63, 3.8) is 0 Å². The summed E-state index contributed by atoms with van der Waals surface area (Å²) in [7, 11) is 6.93. The Morgan fingerprint density at radius 3 is 1.51 bits per heavy atom. The molecule has 0 radical (unpaired) electrons. The van der Waals surface area contributed by atoms with E-state index in [1.54, 1.807) is 11.0 Å². The van der Waals surface area contributed by atoms with Gasteiger partial charge in [-0.25, -0.2) is 0 Å². The summed E-state index contributed by atoms with van der Waals surface area (Å²) in [5, 5.41) is 1.64. The van der Waals surface area contributed by atoms with Crippen molar-refractivity contribution in [2.75, 3.05) is 27.8 Å². The van der Waals surface area contributed by atoms with Gasteiger partial charge in [-0.3, -0.25) is 9.80 Å². The second kappa shape index (κ2) is 13.1. The summed E-state index contributed by atoms with van der Waals surface area (Å²) in [6.45, 7) is 2.34. The van der Waals surface area contributed by atoms with Crippen molar-refractivity contribution in [3.05, 3.63) is 11.0 Å². The molecule has 0 amide bonds. The summed E-state index contributed by atoms with van der Waals surface area (Å²) in [4.78, 5) is 8.68. The zero-order valence-electron chi connectivity index (χ0n) is 23.7. The lowest BCUT2D eigenvalue weighted by molar-refractivity contribution is -0.0869. The first-order chi connectivity index (χ1) is 17.0. The zero-order chi connectivity index (χ0) is 24.8. The maximum absolute atomic E-state index is 6.97. The Labute approximate surface area is 219 Å². The van der Waals surface area contributed by atoms with E-state index in [1.807, 2.05) is 0 Å². The van der Waals surface area contributed by atoms with Crippen molar-refractivity contribution in [1.82, 2.24) is 14.7 Å². The van der Waals surface area contributed by atoms with E-state index < -0.39 is 8.07 Å². The fraction of sp³-hybridized carbons (Fsp3) is 0.933. The first-order valence-corrected chi connectivity index (χ1v) is 17.2. The lowest BCUT2D eigenvalue weighted by Gasteiger charge is -2.59. The van der Waals surface area contributed by atoms with Crippen LogP contribution in [0, 0.1) is 0 Å². The first kappa shape index (κ1) is 27.9. The molecule has 4 aliphatic carbocycles. The summed E-state index contributed by atoms with van der Waals surface area (Å²) in [5.41, 5.74) is 8.62. The van der Waals surface area contributed by atoms with Crippen LogP contribution in [0.1, 0.15) is 128 Å². The van der Waals surface area contributed by atoms with Crippen LogP contribution < -0.4 is 5.50 Å². The van der Waals surface area contributed by atoms with Crippen LogP contribution in [0.5, 0.6) is 0 Å². The highest BCUT2D eigenvalue weighted by Crippen LogP contribution is 2.51. The van der Waals surface area contributed by atoms with E-state index in [4.69, 9.17) is 5.50 Å². The molecule has 4 rings (SSSR count). The summed E-state index contributed by atoms with van der Waals surface area (Å²) < 4.78 is 0. The molecule has 0 aromatic heterocycles. The minimum absolute atomic E-state index is 0.0120. The molecule has 0 aliphatic heterocycles. The Morgan fingerprint density at radius 2 is 1.06 bits per heavy atom. The van der Waals surface area contributed by atoms with E-state index in [0.29, 0.717) is 18.1 Å². The molecular weight excluding hydrogens is 447 g/mol. The van der Waals surface area contributed by atoms with Gasteiger partial charge in [0.25, 0.3) is 0 Å². The molecule has 4 nitrogen and oxygen atoms in total.